The van der Waals surface area contributed by atoms with Crippen LogP contribution in [0.1, 0.15) is 18.9 Å². The topological polar surface area (TPSA) is 97.3 Å². The van der Waals surface area contributed by atoms with Gasteiger partial charge in [0, 0.05) is 31.6 Å². The molecule has 1 aromatic carbocycles. The average molecular weight is 355 g/mol. The van der Waals surface area contributed by atoms with Crippen LogP contribution in [0.3, 0.4) is 0 Å². The molecule has 0 spiro atoms. The van der Waals surface area contributed by atoms with Crippen molar-refractivity contribution in [2.75, 3.05) is 19.6 Å². The molecule has 0 aliphatic carbocycles. The van der Waals surface area contributed by atoms with Gasteiger partial charge in [0.1, 0.15) is 11.7 Å². The van der Waals surface area contributed by atoms with Crippen molar-refractivity contribution in [1.29, 1.82) is 10.8 Å². The van der Waals surface area contributed by atoms with Crippen molar-refractivity contribution in [2.24, 2.45) is 5.73 Å². The van der Waals surface area contributed by atoms with Crippen LogP contribution in [-0.4, -0.2) is 53.1 Å². The summed E-state index contributed by atoms with van der Waals surface area (Å²) in [6, 6.07) is 0.444. The van der Waals surface area contributed by atoms with Crippen LogP contribution in [0.4, 0.5) is 13.2 Å². The summed E-state index contributed by atoms with van der Waals surface area (Å²) in [7, 11) is 0. The molecule has 2 rings (SSSR count). The van der Waals surface area contributed by atoms with Gasteiger partial charge in [-0.15, -0.1) is 0 Å². The van der Waals surface area contributed by atoms with Crippen molar-refractivity contribution < 1.29 is 18.0 Å². The number of hydrogen-bond acceptors (Lipinski definition) is 4. The number of amides is 1. The fraction of sp³-hybridized carbons (Fsp3) is 0.438. The number of nitrogens with one attached hydrogen (secondary N) is 2. The van der Waals surface area contributed by atoms with E-state index in [2.05, 4.69) is 0 Å². The van der Waals surface area contributed by atoms with E-state index in [1.165, 1.54) is 9.80 Å². The summed E-state index contributed by atoms with van der Waals surface area (Å²) in [5, 5.41) is 15.4. The van der Waals surface area contributed by atoms with E-state index >= 15 is 0 Å². The number of carbonyl (C=O) groups is 1. The minimum Gasteiger partial charge on any atom is -0.333 e. The minimum atomic E-state index is -1.27. The van der Waals surface area contributed by atoms with Gasteiger partial charge in [0.15, 0.2) is 11.6 Å². The van der Waals surface area contributed by atoms with Gasteiger partial charge in [0.25, 0.3) is 0 Å². The number of amidine groups is 2. The van der Waals surface area contributed by atoms with Crippen LogP contribution in [0.15, 0.2) is 12.1 Å². The molecule has 1 fully saturated rings. The molecule has 0 radical (unpaired) electrons. The second kappa shape index (κ2) is 7.64. The van der Waals surface area contributed by atoms with Gasteiger partial charge in [0.2, 0.25) is 5.91 Å². The first-order valence-electron chi connectivity index (χ1n) is 7.76. The summed E-state index contributed by atoms with van der Waals surface area (Å²) in [5.41, 5.74) is 5.77. The normalized spacial score (nSPS) is 16.1. The van der Waals surface area contributed by atoms with Crippen LogP contribution in [0.25, 0.3) is 0 Å². The van der Waals surface area contributed by atoms with Crippen LogP contribution in [0.2, 0.25) is 0 Å². The first-order valence-corrected chi connectivity index (χ1v) is 7.76. The Hall–Kier alpha value is -2.42. The van der Waals surface area contributed by atoms with E-state index in [9.17, 15) is 18.0 Å². The van der Waals surface area contributed by atoms with E-state index in [4.69, 9.17) is 16.6 Å². The van der Waals surface area contributed by atoms with Crippen LogP contribution in [-0.2, 0) is 11.2 Å². The largest absolute Gasteiger partial charge is 0.333 e. The first kappa shape index (κ1) is 18.9. The van der Waals surface area contributed by atoms with Crippen LogP contribution >= 0.6 is 0 Å². The van der Waals surface area contributed by atoms with E-state index in [-0.39, 0.29) is 42.5 Å². The lowest BCUT2D eigenvalue weighted by Crippen LogP contribution is -2.53. The van der Waals surface area contributed by atoms with E-state index in [0.717, 1.165) is 6.07 Å². The van der Waals surface area contributed by atoms with E-state index in [1.807, 2.05) is 0 Å². The highest BCUT2D eigenvalue weighted by molar-refractivity contribution is 5.99. The summed E-state index contributed by atoms with van der Waals surface area (Å²) in [6.45, 7) is 2.34. The Bertz CT molecular complexity index is 709. The van der Waals surface area contributed by atoms with Crippen LogP contribution in [0, 0.1) is 28.3 Å². The third kappa shape index (κ3) is 4.56. The maximum atomic E-state index is 13.6. The number of nitrogens with two attached hydrogens (primary N) is 1. The molecule has 1 saturated heterocycles. The summed E-state index contributed by atoms with van der Waals surface area (Å²) < 4.78 is 39.8. The Kier molecular flexibility index (Phi) is 5.78. The molecular weight excluding hydrogens is 335 g/mol. The smallest absolute Gasteiger partial charge is 0.224 e. The van der Waals surface area contributed by atoms with Gasteiger partial charge in [-0.05, 0) is 25.0 Å². The van der Waals surface area contributed by atoms with Crippen molar-refractivity contribution in [3.05, 3.63) is 35.1 Å². The van der Waals surface area contributed by atoms with E-state index < -0.39 is 23.5 Å². The first-order chi connectivity index (χ1) is 11.7. The van der Waals surface area contributed by atoms with Crippen molar-refractivity contribution in [1.82, 2.24) is 9.80 Å². The summed E-state index contributed by atoms with van der Waals surface area (Å²) >= 11 is 0. The maximum Gasteiger partial charge on any atom is 0.224 e. The molecule has 9 heteroatoms. The quantitative estimate of drug-likeness (QED) is 0.434. The molecule has 1 heterocycles. The van der Waals surface area contributed by atoms with E-state index in [0.29, 0.717) is 19.2 Å². The molecule has 4 N–H and O–H groups in total. The van der Waals surface area contributed by atoms with Crippen molar-refractivity contribution in [2.45, 2.75) is 25.8 Å². The third-order valence-corrected chi connectivity index (χ3v) is 4.03. The molecule has 1 aliphatic rings. The Morgan fingerprint density at radius 2 is 1.88 bits per heavy atom. The van der Waals surface area contributed by atoms with Gasteiger partial charge in [-0.3, -0.25) is 15.6 Å². The zero-order valence-corrected chi connectivity index (χ0v) is 13.8. The molecule has 0 saturated carbocycles. The van der Waals surface area contributed by atoms with Crippen molar-refractivity contribution in [3.8, 4) is 0 Å². The number of nitrogens with zero attached hydrogens (tertiary/aromatic N) is 2. The number of benzene rings is 1. The monoisotopic (exact) mass is 355 g/mol. The van der Waals surface area contributed by atoms with Crippen molar-refractivity contribution >= 4 is 17.6 Å². The Balaban J connectivity index is 1.94. The second-order valence-electron chi connectivity index (χ2n) is 6.03. The molecule has 0 unspecified atom stereocenters. The van der Waals surface area contributed by atoms with Gasteiger partial charge in [-0.25, -0.2) is 13.2 Å². The molecule has 0 aromatic heterocycles. The van der Waals surface area contributed by atoms with Gasteiger partial charge in [0.05, 0.1) is 12.4 Å². The summed E-state index contributed by atoms with van der Waals surface area (Å²) in [4.78, 5) is 15.2. The van der Waals surface area contributed by atoms with Crippen molar-refractivity contribution in [3.63, 3.8) is 0 Å². The highest BCUT2D eigenvalue weighted by atomic mass is 19.2. The molecule has 0 bridgehead atoms. The second-order valence-corrected chi connectivity index (χ2v) is 6.03. The highest BCUT2D eigenvalue weighted by Crippen LogP contribution is 2.16. The lowest BCUT2D eigenvalue weighted by atomic mass is 10.0. The van der Waals surface area contributed by atoms with Gasteiger partial charge >= 0.3 is 0 Å². The van der Waals surface area contributed by atoms with E-state index in [1.54, 1.807) is 6.92 Å². The standard InChI is InChI=1S/C16H20F3N5O/c1-9(20)24-3-2-23(8-15(24)22)16(25)6-11(21)4-10-5-13(18)14(19)7-12(10)17/h5,7,11,20,22H,2-4,6,8,21H2,1H3/t11-/m1/s1. The molecule has 6 nitrogen and oxygen atoms in total. The lowest BCUT2D eigenvalue weighted by Gasteiger charge is -2.36. The van der Waals surface area contributed by atoms with Gasteiger partial charge in [-0.2, -0.15) is 0 Å². The Morgan fingerprint density at radius 3 is 2.48 bits per heavy atom. The molecule has 1 aromatic rings. The number of carbonyl (C=O) groups excluding carboxylic acids is 1. The average Bonchev–Trinajstić information content (AvgIpc) is 2.52. The van der Waals surface area contributed by atoms with Crippen LogP contribution in [0.5, 0.6) is 0 Å². The maximum absolute atomic E-state index is 13.6. The fourth-order valence-corrected chi connectivity index (χ4v) is 2.71. The molecular formula is C16H20F3N5O. The zero-order chi connectivity index (χ0) is 18.7. The molecule has 1 amide bonds. The predicted octanol–water partition coefficient (Wildman–Crippen LogP) is 1.48. The molecule has 1 aliphatic heterocycles. The number of rotatable bonds is 4. The number of piperazine rings is 1. The summed E-state index contributed by atoms with van der Waals surface area (Å²) in [6.07, 6.45) is -0.207. The van der Waals surface area contributed by atoms with Gasteiger partial charge in [-0.1, -0.05) is 0 Å². The highest BCUT2D eigenvalue weighted by Gasteiger charge is 2.26. The minimum absolute atomic E-state index is 0.0707. The predicted molar refractivity (Wildman–Crippen MR) is 87.0 cm³/mol. The lowest BCUT2D eigenvalue weighted by molar-refractivity contribution is -0.131. The zero-order valence-electron chi connectivity index (χ0n) is 13.8. The third-order valence-electron chi connectivity index (χ3n) is 4.03. The van der Waals surface area contributed by atoms with Crippen LogP contribution < -0.4 is 5.73 Å². The molecule has 136 valence electrons. The number of hydrogen-bond donors (Lipinski definition) is 3. The number of halogens is 3. The van der Waals surface area contributed by atoms with Gasteiger partial charge < -0.3 is 15.5 Å². The SMILES string of the molecule is CC(=N)N1CCN(C(=O)C[C@H](N)Cc2cc(F)c(F)cc2F)CC1=N. The molecule has 1 atom stereocenters. The fourth-order valence-electron chi connectivity index (χ4n) is 2.71. The Labute approximate surface area is 143 Å². The molecule has 25 heavy (non-hydrogen) atoms. The Morgan fingerprint density at radius 1 is 1.24 bits per heavy atom. The summed E-state index contributed by atoms with van der Waals surface area (Å²) in [5.74, 6) is -3.26.